The van der Waals surface area contributed by atoms with Crippen molar-refractivity contribution in [1.29, 1.82) is 0 Å². The van der Waals surface area contributed by atoms with E-state index in [1.165, 1.54) is 17.0 Å². The van der Waals surface area contributed by atoms with Crippen LogP contribution in [0.4, 0.5) is 36.4 Å². The Morgan fingerprint density at radius 3 is 2.08 bits per heavy atom. The smallest absolute Gasteiger partial charge is 0.428 e. The second kappa shape index (κ2) is 11.3. The van der Waals surface area contributed by atoms with Crippen molar-refractivity contribution in [2.45, 2.75) is 70.3 Å². The number of anilines is 1. The highest BCUT2D eigenvalue weighted by atomic mass is 79.9. The molecule has 0 fully saturated rings. The van der Waals surface area contributed by atoms with E-state index < -0.39 is 50.5 Å². The number of ether oxygens (including phenoxy) is 1. The molecule has 0 saturated heterocycles. The summed E-state index contributed by atoms with van der Waals surface area (Å²) in [4.78, 5) is 1.40. The van der Waals surface area contributed by atoms with Crippen LogP contribution < -0.4 is 9.64 Å². The summed E-state index contributed by atoms with van der Waals surface area (Å²) in [5, 5.41) is -0.474. The summed E-state index contributed by atoms with van der Waals surface area (Å²) < 4.78 is 105. The Morgan fingerprint density at radius 2 is 1.56 bits per heavy atom. The van der Waals surface area contributed by atoms with E-state index in [2.05, 4.69) is 20.7 Å². The summed E-state index contributed by atoms with van der Waals surface area (Å²) in [5.74, 6) is -0.531. The van der Waals surface area contributed by atoms with Gasteiger partial charge in [0.1, 0.15) is 5.75 Å². The molecule has 2 aromatic rings. The van der Waals surface area contributed by atoms with Gasteiger partial charge in [-0.15, -0.1) is 0 Å². The lowest BCUT2D eigenvalue weighted by molar-refractivity contribution is -0.253. The first-order valence-corrected chi connectivity index (χ1v) is 14.7. The largest absolute Gasteiger partial charge is 0.461 e. The van der Waals surface area contributed by atoms with Crippen LogP contribution in [0.5, 0.6) is 5.75 Å². The van der Waals surface area contributed by atoms with Crippen LogP contribution in [-0.2, 0) is 11.0 Å². The molecule has 0 aromatic heterocycles. The van der Waals surface area contributed by atoms with Crippen molar-refractivity contribution in [2.75, 3.05) is 11.4 Å². The van der Waals surface area contributed by atoms with E-state index in [0.717, 1.165) is 12.1 Å². The molecule has 0 heterocycles. The molecule has 0 radical (unpaired) electrons. The van der Waals surface area contributed by atoms with Gasteiger partial charge in [0.05, 0.1) is 6.54 Å². The van der Waals surface area contributed by atoms with Gasteiger partial charge in [-0.25, -0.2) is 0 Å². The average Bonchev–Trinajstić information content (AvgIpc) is 2.71. The fraction of sp³-hybridized carbons (Fsp3) is 0.500. The van der Waals surface area contributed by atoms with Crippen molar-refractivity contribution in [1.82, 2.24) is 0 Å². The maximum Gasteiger partial charge on any atom is 0.461 e. The summed E-state index contributed by atoms with van der Waals surface area (Å²) in [7, 11) is -2.83. The van der Waals surface area contributed by atoms with Gasteiger partial charge >= 0.3 is 18.7 Å². The predicted molar refractivity (Wildman–Crippen MR) is 131 cm³/mol. The minimum Gasteiger partial charge on any atom is -0.428 e. The molecule has 0 amide bonds. The maximum absolute atomic E-state index is 14.1. The highest BCUT2D eigenvalue weighted by Gasteiger charge is 2.48. The van der Waals surface area contributed by atoms with E-state index in [0.29, 0.717) is 10.2 Å². The minimum atomic E-state index is -4.71. The standard InChI is InChI=1S/C24H29BrF7NO2Si/c1-22(2,3)36(4,5)35-20(23(28,29)30)15-33(18-10-7-9-17(25)13-18)14-16-8-6-11-19(12-16)34-24(31,32)21(26)27/h6-13,20-21H,14-15H2,1-5H3. The molecule has 12 heteroatoms. The number of halogens is 8. The molecule has 0 aliphatic rings. The Balaban J connectivity index is 2.42. The van der Waals surface area contributed by atoms with Gasteiger partial charge in [-0.05, 0) is 54.0 Å². The van der Waals surface area contributed by atoms with Gasteiger partial charge in [-0.1, -0.05) is 54.9 Å². The Bertz CT molecular complexity index is 1010. The van der Waals surface area contributed by atoms with Gasteiger partial charge in [-0.3, -0.25) is 0 Å². The molecule has 36 heavy (non-hydrogen) atoms. The monoisotopic (exact) mass is 603 g/mol. The number of rotatable bonds is 10. The average molecular weight is 604 g/mol. The van der Waals surface area contributed by atoms with Crippen LogP contribution in [0.3, 0.4) is 0 Å². The minimum absolute atomic E-state index is 0.151. The van der Waals surface area contributed by atoms with E-state index >= 15 is 0 Å². The number of alkyl halides is 7. The number of nitrogens with zero attached hydrogens (tertiary/aromatic N) is 1. The number of hydrogen-bond acceptors (Lipinski definition) is 3. The lowest BCUT2D eigenvalue weighted by Crippen LogP contribution is -2.52. The normalized spacial score (nSPS) is 14.2. The van der Waals surface area contributed by atoms with E-state index in [1.54, 1.807) is 37.4 Å². The Labute approximate surface area is 215 Å². The Kier molecular flexibility index (Phi) is 9.55. The van der Waals surface area contributed by atoms with Crippen molar-refractivity contribution in [3.05, 3.63) is 58.6 Å². The van der Waals surface area contributed by atoms with Crippen LogP contribution >= 0.6 is 15.9 Å². The molecule has 3 nitrogen and oxygen atoms in total. The van der Waals surface area contributed by atoms with Gasteiger partial charge in [-0.2, -0.15) is 30.7 Å². The zero-order valence-electron chi connectivity index (χ0n) is 20.5. The Hall–Kier alpha value is -1.79. The highest BCUT2D eigenvalue weighted by Crippen LogP contribution is 2.40. The van der Waals surface area contributed by atoms with Gasteiger partial charge < -0.3 is 14.1 Å². The lowest BCUT2D eigenvalue weighted by atomic mass is 10.1. The third-order valence-corrected chi connectivity index (χ3v) is 10.9. The third-order valence-electron chi connectivity index (χ3n) is 5.95. The molecule has 202 valence electrons. The van der Waals surface area contributed by atoms with Crippen molar-refractivity contribution in [3.63, 3.8) is 0 Å². The molecular formula is C24H29BrF7NO2Si. The second-order valence-electron chi connectivity index (χ2n) is 9.88. The van der Waals surface area contributed by atoms with Crippen LogP contribution in [0.25, 0.3) is 0 Å². The molecular weight excluding hydrogens is 575 g/mol. The molecule has 0 spiro atoms. The molecule has 1 unspecified atom stereocenters. The summed E-state index contributed by atoms with van der Waals surface area (Å²) >= 11 is 3.31. The fourth-order valence-electron chi connectivity index (χ4n) is 3.00. The summed E-state index contributed by atoms with van der Waals surface area (Å²) in [6, 6.07) is 11.5. The van der Waals surface area contributed by atoms with Gasteiger partial charge in [0.15, 0.2) is 14.4 Å². The first-order chi connectivity index (χ1) is 16.3. The van der Waals surface area contributed by atoms with Crippen molar-refractivity contribution < 1.29 is 39.9 Å². The first-order valence-electron chi connectivity index (χ1n) is 11.0. The molecule has 0 saturated carbocycles. The summed E-state index contributed by atoms with van der Waals surface area (Å²) in [6.07, 6.45) is -15.6. The molecule has 0 aliphatic carbocycles. The van der Waals surface area contributed by atoms with Gasteiger partial charge in [0.2, 0.25) is 0 Å². The van der Waals surface area contributed by atoms with E-state index in [9.17, 15) is 30.7 Å². The molecule has 2 rings (SSSR count). The third kappa shape index (κ3) is 8.37. The maximum atomic E-state index is 14.1. The summed E-state index contributed by atoms with van der Waals surface area (Å²) in [5.41, 5.74) is 0.701. The second-order valence-corrected chi connectivity index (χ2v) is 15.6. The number of hydrogen-bond donors (Lipinski definition) is 0. The fourth-order valence-corrected chi connectivity index (χ4v) is 4.66. The number of benzene rings is 2. The van der Waals surface area contributed by atoms with Crippen molar-refractivity contribution in [2.24, 2.45) is 0 Å². The molecule has 1 atom stereocenters. The lowest BCUT2D eigenvalue weighted by Gasteiger charge is -2.41. The highest BCUT2D eigenvalue weighted by molar-refractivity contribution is 9.10. The van der Waals surface area contributed by atoms with Crippen LogP contribution in [0.15, 0.2) is 53.0 Å². The van der Waals surface area contributed by atoms with Crippen molar-refractivity contribution in [3.8, 4) is 5.75 Å². The van der Waals surface area contributed by atoms with E-state index in [-0.39, 0.29) is 12.1 Å². The molecule has 0 aliphatic heterocycles. The quantitative estimate of drug-likeness (QED) is 0.200. The Morgan fingerprint density at radius 1 is 0.944 bits per heavy atom. The zero-order chi connectivity index (χ0) is 27.5. The summed E-state index contributed by atoms with van der Waals surface area (Å²) in [6.45, 7) is 8.21. The van der Waals surface area contributed by atoms with Crippen LogP contribution in [-0.4, -0.2) is 39.7 Å². The van der Waals surface area contributed by atoms with Crippen LogP contribution in [0.2, 0.25) is 18.1 Å². The van der Waals surface area contributed by atoms with E-state index in [4.69, 9.17) is 4.43 Å². The molecule has 0 bridgehead atoms. The van der Waals surface area contributed by atoms with Gasteiger partial charge in [0, 0.05) is 16.7 Å². The van der Waals surface area contributed by atoms with E-state index in [1.807, 2.05) is 20.8 Å². The van der Waals surface area contributed by atoms with Crippen LogP contribution in [0, 0.1) is 0 Å². The molecule has 2 aromatic carbocycles. The zero-order valence-corrected chi connectivity index (χ0v) is 23.1. The predicted octanol–water partition coefficient (Wildman–Crippen LogP) is 8.65. The SMILES string of the molecule is CC(C)(C)[Si](C)(C)OC(CN(Cc1cccc(OC(F)(F)C(F)F)c1)c1cccc(Br)c1)C(F)(F)F. The van der Waals surface area contributed by atoms with Crippen molar-refractivity contribution >= 4 is 29.9 Å². The van der Waals surface area contributed by atoms with Gasteiger partial charge in [0.25, 0.3) is 0 Å². The molecule has 0 N–H and O–H groups in total. The first kappa shape index (κ1) is 30.4. The topological polar surface area (TPSA) is 21.7 Å². The van der Waals surface area contributed by atoms with Crippen LogP contribution in [0.1, 0.15) is 26.3 Å².